The minimum atomic E-state index is -0.429. The summed E-state index contributed by atoms with van der Waals surface area (Å²) in [5.74, 6) is 0.940. The van der Waals surface area contributed by atoms with Gasteiger partial charge < -0.3 is 19.5 Å². The van der Waals surface area contributed by atoms with E-state index in [-0.39, 0.29) is 18.3 Å². The number of carbonyl (C=O) groups is 2. The van der Waals surface area contributed by atoms with Crippen LogP contribution in [0.15, 0.2) is 23.2 Å². The standard InChI is InChI=1S/C22H23N3O5S2/c1-4-13-8-14-9-16-17(30-7-6-29-16)10-15(14)24-20(13)31-11-18(26)25-22-23-12(3)19(32-22)21(27)28-5-2/h8-10H,4-7,11H2,1-3H3,(H,23,25,26). The summed E-state index contributed by atoms with van der Waals surface area (Å²) in [7, 11) is 0. The largest absolute Gasteiger partial charge is 0.486 e. The fourth-order valence-electron chi connectivity index (χ4n) is 3.24. The third kappa shape index (κ3) is 4.81. The van der Waals surface area contributed by atoms with Crippen LogP contribution in [-0.4, -0.2) is 47.4 Å². The van der Waals surface area contributed by atoms with E-state index in [4.69, 9.17) is 19.2 Å². The number of aromatic nitrogens is 2. The molecule has 0 unspecified atom stereocenters. The highest BCUT2D eigenvalue weighted by Gasteiger charge is 2.19. The van der Waals surface area contributed by atoms with Gasteiger partial charge in [0.15, 0.2) is 16.6 Å². The van der Waals surface area contributed by atoms with Gasteiger partial charge in [0.05, 0.1) is 23.6 Å². The number of hydrogen-bond acceptors (Lipinski definition) is 9. The molecule has 1 aliphatic heterocycles. The second-order valence-corrected chi connectivity index (χ2v) is 8.95. The fourth-order valence-corrected chi connectivity index (χ4v) is 5.01. The molecule has 0 atom stereocenters. The molecule has 0 spiro atoms. The second kappa shape index (κ2) is 9.74. The fraction of sp³-hybridized carbons (Fsp3) is 0.364. The first kappa shape index (κ1) is 22.3. The first-order chi connectivity index (χ1) is 15.5. The lowest BCUT2D eigenvalue weighted by molar-refractivity contribution is -0.113. The number of aryl methyl sites for hydroxylation is 2. The summed E-state index contributed by atoms with van der Waals surface area (Å²) in [5.41, 5.74) is 2.39. The summed E-state index contributed by atoms with van der Waals surface area (Å²) >= 11 is 2.48. The average Bonchev–Trinajstić information content (AvgIpc) is 3.15. The van der Waals surface area contributed by atoms with Crippen molar-refractivity contribution in [2.45, 2.75) is 32.2 Å². The predicted molar refractivity (Wildman–Crippen MR) is 124 cm³/mol. The van der Waals surface area contributed by atoms with Gasteiger partial charge in [0.1, 0.15) is 23.1 Å². The average molecular weight is 474 g/mol. The Hall–Kier alpha value is -2.85. The normalized spacial score (nSPS) is 12.6. The molecule has 1 N–H and O–H groups in total. The van der Waals surface area contributed by atoms with Crippen LogP contribution in [0.25, 0.3) is 10.9 Å². The number of esters is 1. The highest BCUT2D eigenvalue weighted by atomic mass is 32.2. The summed E-state index contributed by atoms with van der Waals surface area (Å²) in [6.07, 6.45) is 0.788. The van der Waals surface area contributed by atoms with E-state index in [0.29, 0.717) is 34.7 Å². The number of anilines is 1. The Bertz CT molecular complexity index is 1180. The number of rotatable bonds is 7. The van der Waals surface area contributed by atoms with Crippen LogP contribution in [0.1, 0.15) is 34.8 Å². The van der Waals surface area contributed by atoms with Crippen LogP contribution in [0.5, 0.6) is 11.5 Å². The molecule has 3 aromatic rings. The molecule has 168 valence electrons. The molecule has 0 bridgehead atoms. The highest BCUT2D eigenvalue weighted by Crippen LogP contribution is 2.36. The molecule has 32 heavy (non-hydrogen) atoms. The zero-order valence-electron chi connectivity index (χ0n) is 18.0. The van der Waals surface area contributed by atoms with Gasteiger partial charge in [0.25, 0.3) is 0 Å². The van der Waals surface area contributed by atoms with Crippen LogP contribution in [0.2, 0.25) is 0 Å². The minimum Gasteiger partial charge on any atom is -0.486 e. The lowest BCUT2D eigenvalue weighted by Crippen LogP contribution is -2.15. The number of nitrogens with one attached hydrogen (secondary N) is 1. The van der Waals surface area contributed by atoms with Gasteiger partial charge in [-0.05, 0) is 38.0 Å². The monoisotopic (exact) mass is 473 g/mol. The maximum absolute atomic E-state index is 12.5. The molecule has 1 aromatic carbocycles. The molecule has 0 aliphatic carbocycles. The van der Waals surface area contributed by atoms with E-state index in [1.54, 1.807) is 13.8 Å². The summed E-state index contributed by atoms with van der Waals surface area (Å²) in [6, 6.07) is 5.91. The van der Waals surface area contributed by atoms with Gasteiger partial charge in [-0.25, -0.2) is 14.8 Å². The van der Waals surface area contributed by atoms with Gasteiger partial charge in [-0.2, -0.15) is 0 Å². The van der Waals surface area contributed by atoms with Crippen molar-refractivity contribution >= 4 is 51.0 Å². The summed E-state index contributed by atoms with van der Waals surface area (Å²) in [6.45, 7) is 6.86. The van der Waals surface area contributed by atoms with Gasteiger partial charge in [0, 0.05) is 11.5 Å². The van der Waals surface area contributed by atoms with Crippen LogP contribution in [0, 0.1) is 6.92 Å². The number of thiazole rings is 1. The van der Waals surface area contributed by atoms with E-state index >= 15 is 0 Å². The van der Waals surface area contributed by atoms with Crippen molar-refractivity contribution in [3.8, 4) is 11.5 Å². The van der Waals surface area contributed by atoms with Crippen molar-refractivity contribution < 1.29 is 23.8 Å². The quantitative estimate of drug-likeness (QED) is 0.402. The predicted octanol–water partition coefficient (Wildman–Crippen LogP) is 4.24. The van der Waals surface area contributed by atoms with Crippen molar-refractivity contribution in [2.24, 2.45) is 0 Å². The number of hydrogen-bond donors (Lipinski definition) is 1. The van der Waals surface area contributed by atoms with E-state index < -0.39 is 5.97 Å². The van der Waals surface area contributed by atoms with Gasteiger partial charge in [-0.15, -0.1) is 0 Å². The lowest BCUT2D eigenvalue weighted by atomic mass is 10.1. The molecule has 0 saturated heterocycles. The topological polar surface area (TPSA) is 99.6 Å². The third-order valence-electron chi connectivity index (χ3n) is 4.74. The molecule has 4 rings (SSSR count). The Morgan fingerprint density at radius 1 is 1.16 bits per heavy atom. The Labute approximate surface area is 193 Å². The number of carbonyl (C=O) groups excluding carboxylic acids is 2. The van der Waals surface area contributed by atoms with E-state index in [2.05, 4.69) is 23.3 Å². The van der Waals surface area contributed by atoms with Crippen molar-refractivity contribution in [3.63, 3.8) is 0 Å². The minimum absolute atomic E-state index is 0.170. The summed E-state index contributed by atoms with van der Waals surface area (Å²) in [5, 5.41) is 4.92. The van der Waals surface area contributed by atoms with Crippen molar-refractivity contribution in [3.05, 3.63) is 34.3 Å². The maximum atomic E-state index is 12.5. The number of amides is 1. The molecule has 0 saturated carbocycles. The Kier molecular flexibility index (Phi) is 6.80. The molecule has 1 aliphatic rings. The van der Waals surface area contributed by atoms with Crippen LogP contribution in [0.4, 0.5) is 5.13 Å². The number of benzene rings is 1. The number of nitrogens with zero attached hydrogens (tertiary/aromatic N) is 2. The Morgan fingerprint density at radius 2 is 1.91 bits per heavy atom. The smallest absolute Gasteiger partial charge is 0.350 e. The first-order valence-corrected chi connectivity index (χ1v) is 12.1. The molecular formula is C22H23N3O5S2. The van der Waals surface area contributed by atoms with E-state index in [0.717, 1.165) is 45.0 Å². The molecule has 10 heteroatoms. The zero-order valence-corrected chi connectivity index (χ0v) is 19.7. The van der Waals surface area contributed by atoms with Crippen molar-refractivity contribution in [1.82, 2.24) is 9.97 Å². The van der Waals surface area contributed by atoms with Crippen LogP contribution < -0.4 is 14.8 Å². The number of fused-ring (bicyclic) bond motifs is 2. The summed E-state index contributed by atoms with van der Waals surface area (Å²) in [4.78, 5) is 33.9. The Balaban J connectivity index is 1.47. The van der Waals surface area contributed by atoms with Gasteiger partial charge >= 0.3 is 5.97 Å². The molecule has 0 radical (unpaired) electrons. The molecule has 2 aromatic heterocycles. The number of pyridine rings is 1. The van der Waals surface area contributed by atoms with E-state index in [1.165, 1.54) is 11.8 Å². The van der Waals surface area contributed by atoms with Gasteiger partial charge in [-0.1, -0.05) is 30.0 Å². The van der Waals surface area contributed by atoms with Gasteiger partial charge in [0.2, 0.25) is 5.91 Å². The molecule has 1 amide bonds. The zero-order chi connectivity index (χ0) is 22.7. The van der Waals surface area contributed by atoms with Crippen LogP contribution in [0.3, 0.4) is 0 Å². The van der Waals surface area contributed by atoms with E-state index in [9.17, 15) is 9.59 Å². The van der Waals surface area contributed by atoms with Crippen LogP contribution >= 0.6 is 23.1 Å². The Morgan fingerprint density at radius 3 is 2.62 bits per heavy atom. The lowest BCUT2D eigenvalue weighted by Gasteiger charge is -2.19. The summed E-state index contributed by atoms with van der Waals surface area (Å²) < 4.78 is 16.3. The molecule has 3 heterocycles. The third-order valence-corrected chi connectivity index (χ3v) is 6.83. The molecule has 8 nitrogen and oxygen atoms in total. The van der Waals surface area contributed by atoms with Crippen LogP contribution in [-0.2, 0) is 16.0 Å². The van der Waals surface area contributed by atoms with Crippen molar-refractivity contribution in [2.75, 3.05) is 30.9 Å². The molecular weight excluding hydrogens is 450 g/mol. The number of ether oxygens (including phenoxy) is 3. The maximum Gasteiger partial charge on any atom is 0.350 e. The molecule has 0 fully saturated rings. The van der Waals surface area contributed by atoms with Crippen molar-refractivity contribution in [1.29, 1.82) is 0 Å². The second-order valence-electron chi connectivity index (χ2n) is 6.99. The first-order valence-electron chi connectivity index (χ1n) is 10.3. The van der Waals surface area contributed by atoms with E-state index in [1.807, 2.05) is 12.1 Å². The highest BCUT2D eigenvalue weighted by molar-refractivity contribution is 8.00. The number of thioether (sulfide) groups is 1. The van der Waals surface area contributed by atoms with Gasteiger partial charge in [-0.3, -0.25) is 4.79 Å². The SMILES string of the molecule is CCOC(=O)c1sc(NC(=O)CSc2nc3cc4c(cc3cc2CC)OCCO4)nc1C.